The van der Waals surface area contributed by atoms with E-state index in [4.69, 9.17) is 0 Å². The van der Waals surface area contributed by atoms with E-state index in [9.17, 15) is 0 Å². The van der Waals surface area contributed by atoms with Crippen molar-refractivity contribution in [3.05, 3.63) is 11.5 Å². The molecule has 2 aliphatic rings. The number of hydrogen-bond acceptors (Lipinski definition) is 1. The maximum Gasteiger partial charge on any atom is 0.0152 e. The molecule has 12 heavy (non-hydrogen) atoms. The van der Waals surface area contributed by atoms with Gasteiger partial charge in [-0.25, -0.2) is 0 Å². The molecule has 0 bridgehead atoms. The highest BCUT2D eigenvalue weighted by Gasteiger charge is 2.32. The van der Waals surface area contributed by atoms with Gasteiger partial charge in [0.25, 0.3) is 0 Å². The minimum Gasteiger partial charge on any atom is -0.130 e. The van der Waals surface area contributed by atoms with Crippen molar-refractivity contribution in [2.45, 2.75) is 38.4 Å². The first-order chi connectivity index (χ1) is 5.77. The van der Waals surface area contributed by atoms with E-state index >= 15 is 0 Å². The van der Waals surface area contributed by atoms with Crippen molar-refractivity contribution in [2.24, 2.45) is 17.8 Å². The van der Waals surface area contributed by atoms with E-state index < -0.39 is 0 Å². The van der Waals surface area contributed by atoms with Gasteiger partial charge in [-0.05, 0) is 42.4 Å². The Bertz CT molecular complexity index is 183. The van der Waals surface area contributed by atoms with E-state index in [1.165, 1.54) is 19.3 Å². The molecule has 1 aliphatic carbocycles. The molecule has 0 N–H and O–H groups in total. The van der Waals surface area contributed by atoms with Gasteiger partial charge in [-0.3, -0.25) is 0 Å². The lowest BCUT2D eigenvalue weighted by molar-refractivity contribution is 0.250. The second kappa shape index (κ2) is 3.45. The molecular formula is C11H18S. The van der Waals surface area contributed by atoms with Crippen molar-refractivity contribution in [1.29, 1.82) is 0 Å². The lowest BCUT2D eigenvalue weighted by Crippen LogP contribution is -2.25. The zero-order valence-electron chi connectivity index (χ0n) is 7.99. The Morgan fingerprint density at radius 1 is 1.33 bits per heavy atom. The summed E-state index contributed by atoms with van der Waals surface area (Å²) >= 11 is 2.06. The van der Waals surface area contributed by atoms with Gasteiger partial charge in [0.15, 0.2) is 0 Å². The van der Waals surface area contributed by atoms with Crippen molar-refractivity contribution in [3.8, 4) is 0 Å². The largest absolute Gasteiger partial charge is 0.130 e. The van der Waals surface area contributed by atoms with E-state index in [1.54, 1.807) is 0 Å². The van der Waals surface area contributed by atoms with E-state index in [-0.39, 0.29) is 0 Å². The SMILES string of the molecule is CC(C)C1CCC2SC=CC2C1. The summed E-state index contributed by atoms with van der Waals surface area (Å²) in [6.45, 7) is 4.74. The Morgan fingerprint density at radius 3 is 2.92 bits per heavy atom. The molecule has 1 saturated carbocycles. The van der Waals surface area contributed by atoms with Crippen LogP contribution in [0.4, 0.5) is 0 Å². The molecule has 3 atom stereocenters. The van der Waals surface area contributed by atoms with Crippen LogP contribution in [-0.4, -0.2) is 5.25 Å². The zero-order valence-corrected chi connectivity index (χ0v) is 8.81. The molecule has 0 spiro atoms. The highest BCUT2D eigenvalue weighted by atomic mass is 32.2. The first kappa shape index (κ1) is 8.68. The Balaban J connectivity index is 1.96. The van der Waals surface area contributed by atoms with Crippen LogP contribution < -0.4 is 0 Å². The van der Waals surface area contributed by atoms with E-state index in [0.29, 0.717) is 0 Å². The molecule has 2 rings (SSSR count). The number of rotatable bonds is 1. The van der Waals surface area contributed by atoms with Crippen molar-refractivity contribution in [1.82, 2.24) is 0 Å². The van der Waals surface area contributed by atoms with Gasteiger partial charge in [0, 0.05) is 5.25 Å². The monoisotopic (exact) mass is 182 g/mol. The minimum atomic E-state index is 0.893. The normalized spacial score (nSPS) is 40.4. The molecule has 0 amide bonds. The molecule has 1 aliphatic heterocycles. The van der Waals surface area contributed by atoms with Crippen LogP contribution in [-0.2, 0) is 0 Å². The van der Waals surface area contributed by atoms with Crippen LogP contribution >= 0.6 is 11.8 Å². The third kappa shape index (κ3) is 1.56. The smallest absolute Gasteiger partial charge is 0.0152 e. The second-order valence-corrected chi connectivity index (χ2v) is 5.63. The van der Waals surface area contributed by atoms with Crippen LogP contribution in [0.5, 0.6) is 0 Å². The van der Waals surface area contributed by atoms with Crippen LogP contribution in [0, 0.1) is 17.8 Å². The summed E-state index contributed by atoms with van der Waals surface area (Å²) in [6, 6.07) is 0. The number of fused-ring (bicyclic) bond motifs is 1. The minimum absolute atomic E-state index is 0.893. The summed E-state index contributed by atoms with van der Waals surface area (Å²) in [7, 11) is 0. The summed E-state index contributed by atoms with van der Waals surface area (Å²) in [6.07, 6.45) is 6.80. The van der Waals surface area contributed by atoms with Crippen molar-refractivity contribution in [2.75, 3.05) is 0 Å². The van der Waals surface area contributed by atoms with Crippen LogP contribution in [0.1, 0.15) is 33.1 Å². The quantitative estimate of drug-likeness (QED) is 0.596. The fraction of sp³-hybridized carbons (Fsp3) is 0.818. The fourth-order valence-corrected chi connectivity index (χ4v) is 3.61. The molecule has 0 radical (unpaired) electrons. The number of allylic oxidation sites excluding steroid dienone is 1. The molecular weight excluding hydrogens is 164 g/mol. The summed E-state index contributed by atoms with van der Waals surface area (Å²) < 4.78 is 0. The highest BCUT2D eigenvalue weighted by molar-refractivity contribution is 8.03. The molecule has 68 valence electrons. The van der Waals surface area contributed by atoms with E-state index in [1.807, 2.05) is 0 Å². The first-order valence-corrected chi connectivity index (χ1v) is 6.04. The van der Waals surface area contributed by atoms with Crippen molar-refractivity contribution in [3.63, 3.8) is 0 Å². The Morgan fingerprint density at radius 2 is 2.17 bits per heavy atom. The summed E-state index contributed by atoms with van der Waals surface area (Å²) in [5.74, 6) is 2.80. The van der Waals surface area contributed by atoms with Gasteiger partial charge in [-0.2, -0.15) is 0 Å². The van der Waals surface area contributed by atoms with Gasteiger partial charge in [-0.1, -0.05) is 19.9 Å². The molecule has 1 fully saturated rings. The maximum atomic E-state index is 2.43. The molecule has 0 saturated heterocycles. The van der Waals surface area contributed by atoms with Gasteiger partial charge in [-0.15, -0.1) is 11.8 Å². The predicted molar refractivity (Wildman–Crippen MR) is 56.2 cm³/mol. The second-order valence-electron chi connectivity index (χ2n) is 4.48. The van der Waals surface area contributed by atoms with Crippen molar-refractivity contribution >= 4 is 11.8 Å². The third-order valence-corrected chi connectivity index (χ3v) is 4.65. The molecule has 1 heteroatoms. The average Bonchev–Trinajstić information content (AvgIpc) is 2.49. The van der Waals surface area contributed by atoms with E-state index in [2.05, 4.69) is 37.1 Å². The zero-order chi connectivity index (χ0) is 8.55. The lowest BCUT2D eigenvalue weighted by atomic mass is 9.76. The molecule has 3 unspecified atom stereocenters. The summed E-state index contributed by atoms with van der Waals surface area (Å²) in [5.41, 5.74) is 0. The third-order valence-electron chi connectivity index (χ3n) is 3.40. The van der Waals surface area contributed by atoms with Crippen LogP contribution in [0.2, 0.25) is 0 Å². The standard InChI is InChI=1S/C11H18S/c1-8(2)9-3-4-11-10(7-9)5-6-12-11/h5-6,8-11H,3-4,7H2,1-2H3. The Labute approximate surface area is 79.8 Å². The van der Waals surface area contributed by atoms with Gasteiger partial charge in [0.2, 0.25) is 0 Å². The van der Waals surface area contributed by atoms with Crippen LogP contribution in [0.25, 0.3) is 0 Å². The van der Waals surface area contributed by atoms with Gasteiger partial charge >= 0.3 is 0 Å². The summed E-state index contributed by atoms with van der Waals surface area (Å²) in [4.78, 5) is 0. The molecule has 0 nitrogen and oxygen atoms in total. The predicted octanol–water partition coefficient (Wildman–Crippen LogP) is 3.69. The highest BCUT2D eigenvalue weighted by Crippen LogP contribution is 2.43. The number of thioether (sulfide) groups is 1. The topological polar surface area (TPSA) is 0 Å². The van der Waals surface area contributed by atoms with Crippen molar-refractivity contribution < 1.29 is 0 Å². The lowest BCUT2D eigenvalue weighted by Gasteiger charge is -2.33. The first-order valence-electron chi connectivity index (χ1n) is 5.09. The Hall–Kier alpha value is 0.0900. The van der Waals surface area contributed by atoms with Crippen LogP contribution in [0.3, 0.4) is 0 Å². The number of hydrogen-bond donors (Lipinski definition) is 0. The molecule has 0 aromatic heterocycles. The molecule has 1 heterocycles. The van der Waals surface area contributed by atoms with E-state index in [0.717, 1.165) is 23.0 Å². The molecule has 0 aromatic carbocycles. The average molecular weight is 182 g/mol. The molecule has 0 aromatic rings. The maximum absolute atomic E-state index is 2.43. The van der Waals surface area contributed by atoms with Gasteiger partial charge in [0.1, 0.15) is 0 Å². The van der Waals surface area contributed by atoms with Gasteiger partial charge < -0.3 is 0 Å². The van der Waals surface area contributed by atoms with Gasteiger partial charge in [0.05, 0.1) is 0 Å². The Kier molecular flexibility index (Phi) is 2.49. The fourth-order valence-electron chi connectivity index (χ4n) is 2.44. The summed E-state index contributed by atoms with van der Waals surface area (Å²) in [5, 5.41) is 3.26. The van der Waals surface area contributed by atoms with Crippen LogP contribution in [0.15, 0.2) is 11.5 Å².